The van der Waals surface area contributed by atoms with Crippen molar-refractivity contribution in [2.24, 2.45) is 0 Å². The zero-order valence-electron chi connectivity index (χ0n) is 13.6. The average molecular weight is 306 g/mol. The van der Waals surface area contributed by atoms with Crippen LogP contribution in [0.15, 0.2) is 18.2 Å². The molecule has 0 atom stereocenters. The van der Waals surface area contributed by atoms with Crippen LogP contribution in [0, 0.1) is 0 Å². The van der Waals surface area contributed by atoms with Crippen molar-refractivity contribution in [3.8, 4) is 5.75 Å². The Morgan fingerprint density at radius 1 is 1.09 bits per heavy atom. The number of rotatable bonds is 11. The summed E-state index contributed by atoms with van der Waals surface area (Å²) in [4.78, 5) is 22.8. The fourth-order valence-electron chi connectivity index (χ4n) is 2.18. The van der Waals surface area contributed by atoms with Gasteiger partial charge in [-0.2, -0.15) is 0 Å². The average Bonchev–Trinajstić information content (AvgIpc) is 2.54. The van der Waals surface area contributed by atoms with Crippen LogP contribution in [0.1, 0.15) is 73.1 Å². The summed E-state index contributed by atoms with van der Waals surface area (Å²) in [7, 11) is 0. The van der Waals surface area contributed by atoms with Gasteiger partial charge in [0.2, 0.25) is 0 Å². The lowest BCUT2D eigenvalue weighted by Gasteiger charge is -2.10. The van der Waals surface area contributed by atoms with E-state index in [4.69, 9.17) is 9.47 Å². The second-order valence-corrected chi connectivity index (χ2v) is 5.21. The Morgan fingerprint density at radius 3 is 2.50 bits per heavy atom. The summed E-state index contributed by atoms with van der Waals surface area (Å²) in [6.07, 6.45) is 7.83. The third-order valence-corrected chi connectivity index (χ3v) is 3.40. The van der Waals surface area contributed by atoms with E-state index in [9.17, 15) is 9.59 Å². The highest BCUT2D eigenvalue weighted by molar-refractivity contribution is 5.92. The first-order chi connectivity index (χ1) is 10.7. The zero-order valence-corrected chi connectivity index (χ0v) is 13.6. The first-order valence-corrected chi connectivity index (χ1v) is 8.12. The summed E-state index contributed by atoms with van der Waals surface area (Å²) in [5, 5.41) is 0. The van der Waals surface area contributed by atoms with Gasteiger partial charge in [-0.25, -0.2) is 4.79 Å². The maximum Gasteiger partial charge on any atom is 0.338 e. The molecule has 22 heavy (non-hydrogen) atoms. The van der Waals surface area contributed by atoms with E-state index in [0.29, 0.717) is 36.4 Å². The molecule has 0 saturated heterocycles. The second-order valence-electron chi connectivity index (χ2n) is 5.21. The molecule has 0 aliphatic carbocycles. The number of carbonyl (C=O) groups is 2. The number of unbranched alkanes of at least 4 members (excludes halogenated alkanes) is 5. The number of hydrogen-bond acceptors (Lipinski definition) is 4. The molecule has 1 rings (SSSR count). The van der Waals surface area contributed by atoms with Gasteiger partial charge in [0.25, 0.3) is 0 Å². The van der Waals surface area contributed by atoms with Crippen molar-refractivity contribution < 1.29 is 19.1 Å². The highest BCUT2D eigenvalue weighted by Gasteiger charge is 2.11. The van der Waals surface area contributed by atoms with Crippen LogP contribution in [0.5, 0.6) is 5.75 Å². The summed E-state index contributed by atoms with van der Waals surface area (Å²) >= 11 is 0. The first kappa shape index (κ1) is 18.2. The van der Waals surface area contributed by atoms with E-state index in [-0.39, 0.29) is 0 Å². The molecular weight excluding hydrogens is 280 g/mol. The van der Waals surface area contributed by atoms with Crippen molar-refractivity contribution in [2.75, 3.05) is 13.2 Å². The van der Waals surface area contributed by atoms with Gasteiger partial charge < -0.3 is 9.47 Å². The predicted octanol–water partition coefficient (Wildman–Crippen LogP) is 4.42. The van der Waals surface area contributed by atoms with Crippen LogP contribution in [-0.4, -0.2) is 25.5 Å². The van der Waals surface area contributed by atoms with Crippen molar-refractivity contribution in [2.45, 2.75) is 52.4 Å². The molecule has 4 heteroatoms. The topological polar surface area (TPSA) is 52.6 Å². The number of hydrogen-bond donors (Lipinski definition) is 0. The first-order valence-electron chi connectivity index (χ1n) is 8.12. The molecule has 0 bridgehead atoms. The summed E-state index contributed by atoms with van der Waals surface area (Å²) in [6, 6.07) is 4.80. The maximum absolute atomic E-state index is 11.6. The standard InChI is InChI=1S/C18H26O4/c1-3-5-6-7-8-9-12-22-17-11-10-15(13-16(17)14-19)18(20)21-4-2/h10-11,13-14H,3-9,12H2,1-2H3. The lowest BCUT2D eigenvalue weighted by Crippen LogP contribution is -2.06. The minimum absolute atomic E-state index is 0.311. The third-order valence-electron chi connectivity index (χ3n) is 3.40. The molecule has 122 valence electrons. The molecule has 0 aliphatic heterocycles. The quantitative estimate of drug-likeness (QED) is 0.345. The van der Waals surface area contributed by atoms with Gasteiger partial charge in [0.05, 0.1) is 24.3 Å². The van der Waals surface area contributed by atoms with Crippen LogP contribution < -0.4 is 4.74 Å². The van der Waals surface area contributed by atoms with Crippen molar-refractivity contribution in [1.29, 1.82) is 0 Å². The van der Waals surface area contributed by atoms with E-state index in [1.165, 1.54) is 31.7 Å². The normalized spacial score (nSPS) is 10.3. The Bertz CT molecular complexity index is 468. The monoisotopic (exact) mass is 306 g/mol. The van der Waals surface area contributed by atoms with Gasteiger partial charge in [-0.1, -0.05) is 39.0 Å². The van der Waals surface area contributed by atoms with Crippen LogP contribution in [0.25, 0.3) is 0 Å². The summed E-state index contributed by atoms with van der Waals surface area (Å²) in [5.41, 5.74) is 0.757. The summed E-state index contributed by atoms with van der Waals surface area (Å²) in [5.74, 6) is 0.102. The molecule has 4 nitrogen and oxygen atoms in total. The van der Waals surface area contributed by atoms with Crippen molar-refractivity contribution in [3.05, 3.63) is 29.3 Å². The largest absolute Gasteiger partial charge is 0.493 e. The number of carbonyl (C=O) groups excluding carboxylic acids is 2. The highest BCUT2D eigenvalue weighted by Crippen LogP contribution is 2.19. The maximum atomic E-state index is 11.6. The minimum Gasteiger partial charge on any atom is -0.493 e. The fourth-order valence-corrected chi connectivity index (χ4v) is 2.18. The Balaban J connectivity index is 2.46. The molecule has 0 fully saturated rings. The van der Waals surface area contributed by atoms with Gasteiger partial charge >= 0.3 is 5.97 Å². The lowest BCUT2D eigenvalue weighted by molar-refractivity contribution is 0.0526. The molecule has 0 unspecified atom stereocenters. The van der Waals surface area contributed by atoms with E-state index in [1.54, 1.807) is 19.1 Å². The van der Waals surface area contributed by atoms with E-state index in [0.717, 1.165) is 12.8 Å². The molecule has 1 aromatic carbocycles. The second kappa shape index (κ2) is 10.8. The van der Waals surface area contributed by atoms with Gasteiger partial charge in [-0.3, -0.25) is 4.79 Å². The van der Waals surface area contributed by atoms with Gasteiger partial charge in [-0.05, 0) is 31.5 Å². The van der Waals surface area contributed by atoms with Crippen LogP contribution in [-0.2, 0) is 4.74 Å². The molecule has 0 amide bonds. The molecule has 1 aromatic rings. The van der Waals surface area contributed by atoms with Gasteiger partial charge in [0.1, 0.15) is 5.75 Å². The Hall–Kier alpha value is -1.84. The highest BCUT2D eigenvalue weighted by atomic mass is 16.5. The fraction of sp³-hybridized carbons (Fsp3) is 0.556. The van der Waals surface area contributed by atoms with E-state index >= 15 is 0 Å². The Kier molecular flexibility index (Phi) is 8.96. The molecule has 0 aromatic heterocycles. The van der Waals surface area contributed by atoms with E-state index in [1.807, 2.05) is 0 Å². The predicted molar refractivity (Wildman–Crippen MR) is 86.7 cm³/mol. The Labute approximate surface area is 132 Å². The number of benzene rings is 1. The molecular formula is C18H26O4. The molecule has 0 aliphatic rings. The van der Waals surface area contributed by atoms with Crippen LogP contribution >= 0.6 is 0 Å². The minimum atomic E-state index is -0.423. The number of ether oxygens (including phenoxy) is 2. The third kappa shape index (κ3) is 6.29. The molecule has 0 spiro atoms. The van der Waals surface area contributed by atoms with Crippen molar-refractivity contribution in [1.82, 2.24) is 0 Å². The van der Waals surface area contributed by atoms with Gasteiger partial charge in [-0.15, -0.1) is 0 Å². The number of esters is 1. The SMILES string of the molecule is CCCCCCCCOc1ccc(C(=O)OCC)cc1C=O. The smallest absolute Gasteiger partial charge is 0.338 e. The molecule has 0 N–H and O–H groups in total. The van der Waals surface area contributed by atoms with E-state index < -0.39 is 5.97 Å². The summed E-state index contributed by atoms with van der Waals surface area (Å²) < 4.78 is 10.6. The van der Waals surface area contributed by atoms with E-state index in [2.05, 4.69) is 6.92 Å². The van der Waals surface area contributed by atoms with Crippen LogP contribution in [0.3, 0.4) is 0 Å². The van der Waals surface area contributed by atoms with Gasteiger partial charge in [0.15, 0.2) is 6.29 Å². The molecule has 0 saturated carbocycles. The van der Waals surface area contributed by atoms with Gasteiger partial charge in [0, 0.05) is 0 Å². The zero-order chi connectivity index (χ0) is 16.2. The van der Waals surface area contributed by atoms with Crippen molar-refractivity contribution in [3.63, 3.8) is 0 Å². The lowest BCUT2D eigenvalue weighted by atomic mass is 10.1. The summed E-state index contributed by atoms with van der Waals surface area (Å²) in [6.45, 7) is 4.85. The Morgan fingerprint density at radius 2 is 1.82 bits per heavy atom. The number of aldehydes is 1. The molecule has 0 radical (unpaired) electrons. The van der Waals surface area contributed by atoms with Crippen LogP contribution in [0.4, 0.5) is 0 Å². The molecule has 0 heterocycles. The van der Waals surface area contributed by atoms with Crippen LogP contribution in [0.2, 0.25) is 0 Å². The van der Waals surface area contributed by atoms with Crippen molar-refractivity contribution >= 4 is 12.3 Å².